The number of aliphatic imine (C=N–C) groups is 1. The normalized spacial score (nSPS) is 16.7. The van der Waals surface area contributed by atoms with Gasteiger partial charge in [0.2, 0.25) is 0 Å². The molecule has 1 heterocycles. The zero-order chi connectivity index (χ0) is 16.7. The molecule has 8 heteroatoms. The molecular weight excluding hydrogens is 311 g/mol. The number of guanidine groups is 1. The van der Waals surface area contributed by atoms with E-state index in [1.807, 2.05) is 17.0 Å². The van der Waals surface area contributed by atoms with Gasteiger partial charge in [0.1, 0.15) is 6.61 Å². The van der Waals surface area contributed by atoms with Crippen LogP contribution in [0, 0.1) is 0 Å². The number of benzene rings is 1. The highest BCUT2D eigenvalue weighted by molar-refractivity contribution is 5.78. The number of nitrogens with two attached hydrogens (primary N) is 1. The minimum Gasteiger partial charge on any atom is -0.378 e. The molecule has 128 valence electrons. The van der Waals surface area contributed by atoms with Crippen LogP contribution in [-0.4, -0.2) is 49.9 Å². The second-order valence-electron chi connectivity index (χ2n) is 5.20. The number of hydrogen-bond donors (Lipinski definition) is 1. The minimum absolute atomic E-state index is 0.0705. The van der Waals surface area contributed by atoms with Gasteiger partial charge in [0.05, 0.1) is 26.4 Å². The van der Waals surface area contributed by atoms with Gasteiger partial charge in [0.25, 0.3) is 0 Å². The van der Waals surface area contributed by atoms with Crippen molar-refractivity contribution in [3.8, 4) is 0 Å². The maximum Gasteiger partial charge on any atom is 0.411 e. The van der Waals surface area contributed by atoms with E-state index < -0.39 is 12.8 Å². The summed E-state index contributed by atoms with van der Waals surface area (Å²) in [5.41, 5.74) is 7.54. The third-order valence-electron chi connectivity index (χ3n) is 3.32. The van der Waals surface area contributed by atoms with Gasteiger partial charge in [0, 0.05) is 13.1 Å². The summed E-state index contributed by atoms with van der Waals surface area (Å²) in [6.45, 7) is 1.85. The first kappa shape index (κ1) is 17.6. The first-order chi connectivity index (χ1) is 10.9. The highest BCUT2D eigenvalue weighted by Crippen LogP contribution is 2.16. The Balaban J connectivity index is 1.80. The maximum absolute atomic E-state index is 12.0. The van der Waals surface area contributed by atoms with Crippen molar-refractivity contribution >= 4 is 5.96 Å². The lowest BCUT2D eigenvalue weighted by molar-refractivity contribution is -0.176. The average molecular weight is 331 g/mol. The van der Waals surface area contributed by atoms with Crippen molar-refractivity contribution in [1.82, 2.24) is 4.90 Å². The zero-order valence-electron chi connectivity index (χ0n) is 12.7. The Hall–Kier alpha value is -1.80. The van der Waals surface area contributed by atoms with Crippen LogP contribution in [0.25, 0.3) is 0 Å². The number of ether oxygens (including phenoxy) is 2. The van der Waals surface area contributed by atoms with Crippen molar-refractivity contribution in [2.75, 3.05) is 32.9 Å². The molecule has 2 N–H and O–H groups in total. The molecule has 0 aromatic heterocycles. The van der Waals surface area contributed by atoms with E-state index in [9.17, 15) is 13.2 Å². The SMILES string of the molecule is NC(=NCc1ccc(COCC(F)(F)F)cc1)N1CCOCC1. The van der Waals surface area contributed by atoms with Crippen molar-refractivity contribution in [3.63, 3.8) is 0 Å². The van der Waals surface area contributed by atoms with E-state index in [2.05, 4.69) is 9.73 Å². The molecule has 0 amide bonds. The van der Waals surface area contributed by atoms with Gasteiger partial charge in [-0.1, -0.05) is 24.3 Å². The lowest BCUT2D eigenvalue weighted by Gasteiger charge is -2.27. The molecule has 1 aromatic carbocycles. The van der Waals surface area contributed by atoms with Crippen molar-refractivity contribution < 1.29 is 22.6 Å². The van der Waals surface area contributed by atoms with Gasteiger partial charge in [0.15, 0.2) is 5.96 Å². The fraction of sp³-hybridized carbons (Fsp3) is 0.533. The van der Waals surface area contributed by atoms with Crippen LogP contribution in [-0.2, 0) is 22.6 Å². The quantitative estimate of drug-likeness (QED) is 0.661. The molecule has 0 aliphatic carbocycles. The predicted octanol–water partition coefficient (Wildman–Crippen LogP) is 1.91. The van der Waals surface area contributed by atoms with E-state index in [1.54, 1.807) is 12.1 Å². The van der Waals surface area contributed by atoms with Gasteiger partial charge >= 0.3 is 6.18 Å². The topological polar surface area (TPSA) is 60.1 Å². The van der Waals surface area contributed by atoms with E-state index >= 15 is 0 Å². The standard InChI is InChI=1S/C15H20F3N3O2/c16-15(17,18)11-23-10-13-3-1-12(2-4-13)9-20-14(19)21-5-7-22-8-6-21/h1-4H,5-11H2,(H2,19,20). The number of hydrogen-bond acceptors (Lipinski definition) is 3. The smallest absolute Gasteiger partial charge is 0.378 e. The van der Waals surface area contributed by atoms with E-state index in [0.717, 1.165) is 18.7 Å². The summed E-state index contributed by atoms with van der Waals surface area (Å²) in [4.78, 5) is 6.29. The van der Waals surface area contributed by atoms with Crippen LogP contribution in [0.4, 0.5) is 13.2 Å². The number of nitrogens with zero attached hydrogens (tertiary/aromatic N) is 2. The highest BCUT2D eigenvalue weighted by Gasteiger charge is 2.27. The van der Waals surface area contributed by atoms with E-state index in [-0.39, 0.29) is 6.61 Å². The Morgan fingerprint density at radius 1 is 1.17 bits per heavy atom. The third kappa shape index (κ3) is 6.45. The fourth-order valence-electron chi connectivity index (χ4n) is 2.09. The molecule has 1 fully saturated rings. The summed E-state index contributed by atoms with van der Waals surface area (Å²) in [6, 6.07) is 7.07. The van der Waals surface area contributed by atoms with Crippen LogP contribution in [0.15, 0.2) is 29.3 Å². The second-order valence-corrected chi connectivity index (χ2v) is 5.20. The van der Waals surface area contributed by atoms with Gasteiger partial charge < -0.3 is 20.1 Å². The Labute approximate surface area is 132 Å². The Morgan fingerprint density at radius 3 is 2.39 bits per heavy atom. The Bertz CT molecular complexity index is 512. The summed E-state index contributed by atoms with van der Waals surface area (Å²) in [5.74, 6) is 0.478. The Kier molecular flexibility index (Phi) is 6.23. The molecule has 0 saturated carbocycles. The average Bonchev–Trinajstić information content (AvgIpc) is 2.53. The molecular formula is C15H20F3N3O2. The number of morpholine rings is 1. The summed E-state index contributed by atoms with van der Waals surface area (Å²) in [6.07, 6.45) is -4.30. The zero-order valence-corrected chi connectivity index (χ0v) is 12.7. The van der Waals surface area contributed by atoms with E-state index in [0.29, 0.717) is 31.3 Å². The largest absolute Gasteiger partial charge is 0.411 e. The molecule has 1 saturated heterocycles. The minimum atomic E-state index is -4.30. The molecule has 1 aromatic rings. The fourth-order valence-corrected chi connectivity index (χ4v) is 2.09. The predicted molar refractivity (Wildman–Crippen MR) is 79.9 cm³/mol. The van der Waals surface area contributed by atoms with Gasteiger partial charge in [-0.05, 0) is 11.1 Å². The summed E-state index contributed by atoms with van der Waals surface area (Å²) >= 11 is 0. The molecule has 0 radical (unpaired) electrons. The number of rotatable bonds is 5. The lowest BCUT2D eigenvalue weighted by Crippen LogP contribution is -2.44. The van der Waals surface area contributed by atoms with Gasteiger partial charge in [-0.2, -0.15) is 13.2 Å². The molecule has 5 nitrogen and oxygen atoms in total. The van der Waals surface area contributed by atoms with Crippen molar-refractivity contribution in [2.45, 2.75) is 19.3 Å². The molecule has 0 atom stereocenters. The molecule has 1 aliphatic heterocycles. The van der Waals surface area contributed by atoms with Crippen molar-refractivity contribution in [2.24, 2.45) is 10.7 Å². The molecule has 1 aliphatic rings. The van der Waals surface area contributed by atoms with Crippen molar-refractivity contribution in [1.29, 1.82) is 0 Å². The second kappa shape index (κ2) is 8.16. The number of alkyl halides is 3. The molecule has 23 heavy (non-hydrogen) atoms. The van der Waals surface area contributed by atoms with Crippen LogP contribution in [0.3, 0.4) is 0 Å². The van der Waals surface area contributed by atoms with Crippen LogP contribution in [0.5, 0.6) is 0 Å². The van der Waals surface area contributed by atoms with Crippen LogP contribution >= 0.6 is 0 Å². The molecule has 2 rings (SSSR count). The van der Waals surface area contributed by atoms with Crippen LogP contribution in [0.2, 0.25) is 0 Å². The summed E-state index contributed by atoms with van der Waals surface area (Å²) < 4.78 is 45.8. The van der Waals surface area contributed by atoms with Crippen molar-refractivity contribution in [3.05, 3.63) is 35.4 Å². The molecule has 0 bridgehead atoms. The van der Waals surface area contributed by atoms with E-state index in [1.165, 1.54) is 0 Å². The molecule has 0 unspecified atom stereocenters. The monoisotopic (exact) mass is 331 g/mol. The van der Waals surface area contributed by atoms with E-state index in [4.69, 9.17) is 10.5 Å². The first-order valence-corrected chi connectivity index (χ1v) is 7.29. The maximum atomic E-state index is 12.0. The summed E-state index contributed by atoms with van der Waals surface area (Å²) in [5, 5.41) is 0. The van der Waals surface area contributed by atoms with Gasteiger partial charge in [-0.15, -0.1) is 0 Å². The summed E-state index contributed by atoms with van der Waals surface area (Å²) in [7, 11) is 0. The third-order valence-corrected chi connectivity index (χ3v) is 3.32. The molecule has 0 spiro atoms. The van der Waals surface area contributed by atoms with Gasteiger partial charge in [-0.25, -0.2) is 4.99 Å². The van der Waals surface area contributed by atoms with Gasteiger partial charge in [-0.3, -0.25) is 0 Å². The van der Waals surface area contributed by atoms with Crippen LogP contribution < -0.4 is 5.73 Å². The number of halogens is 3. The lowest BCUT2D eigenvalue weighted by atomic mass is 10.1. The highest BCUT2D eigenvalue weighted by atomic mass is 19.4. The first-order valence-electron chi connectivity index (χ1n) is 7.29. The van der Waals surface area contributed by atoms with Crippen LogP contribution in [0.1, 0.15) is 11.1 Å². The Morgan fingerprint density at radius 2 is 1.78 bits per heavy atom.